The molecule has 24 heavy (non-hydrogen) atoms. The molecule has 0 aromatic carbocycles. The van der Waals surface area contributed by atoms with Gasteiger partial charge in [-0.05, 0) is 6.42 Å². The molecule has 6 atom stereocenters. The summed E-state index contributed by atoms with van der Waals surface area (Å²) >= 11 is 0. The van der Waals surface area contributed by atoms with E-state index >= 15 is 0 Å². The van der Waals surface area contributed by atoms with Crippen molar-refractivity contribution in [3.05, 3.63) is 12.7 Å². The minimum absolute atomic E-state index is 0.122. The molecule has 3 fully saturated rings. The number of esters is 4. The van der Waals surface area contributed by atoms with Crippen molar-refractivity contribution in [2.75, 3.05) is 13.7 Å². The lowest BCUT2D eigenvalue weighted by molar-refractivity contribution is -0.166. The van der Waals surface area contributed by atoms with E-state index in [-0.39, 0.29) is 24.9 Å². The van der Waals surface area contributed by atoms with Crippen LogP contribution in [-0.4, -0.2) is 49.8 Å². The molecule has 130 valence electrons. The minimum Gasteiger partial charge on any atom is -0.469 e. The second-order valence-electron chi connectivity index (χ2n) is 6.12. The molecule has 2 bridgehead atoms. The lowest BCUT2D eigenvalue weighted by Crippen LogP contribution is -2.43. The maximum absolute atomic E-state index is 12.0. The maximum atomic E-state index is 12.0. The van der Waals surface area contributed by atoms with E-state index in [4.69, 9.17) is 18.9 Å². The van der Waals surface area contributed by atoms with Crippen molar-refractivity contribution < 1.29 is 38.1 Å². The van der Waals surface area contributed by atoms with E-state index in [0.29, 0.717) is 6.42 Å². The van der Waals surface area contributed by atoms with Crippen molar-refractivity contribution in [3.63, 3.8) is 0 Å². The number of methoxy groups -OCH3 is 1. The Kier molecular flexibility index (Phi) is 4.29. The standard InChI is InChI=1S/C16H18O8/c1-3-9(17)22-5-4-10(18)23-13-7-6-8-12(11(7)15(19)21-2)16(20)24-14(8)13/h3,7-8,11-14H,1,4-6H2,2H3. The summed E-state index contributed by atoms with van der Waals surface area (Å²) in [5.41, 5.74) is 0. The van der Waals surface area contributed by atoms with Crippen molar-refractivity contribution in [2.45, 2.75) is 25.0 Å². The van der Waals surface area contributed by atoms with Crippen LogP contribution in [0.1, 0.15) is 12.8 Å². The van der Waals surface area contributed by atoms with Crippen LogP contribution in [0.2, 0.25) is 0 Å². The lowest BCUT2D eigenvalue weighted by Gasteiger charge is -2.29. The van der Waals surface area contributed by atoms with E-state index in [1.54, 1.807) is 0 Å². The zero-order valence-corrected chi connectivity index (χ0v) is 13.1. The zero-order valence-electron chi connectivity index (χ0n) is 13.1. The van der Waals surface area contributed by atoms with Crippen LogP contribution in [0, 0.1) is 23.7 Å². The summed E-state index contributed by atoms with van der Waals surface area (Å²) in [6.07, 6.45) is 0.294. The summed E-state index contributed by atoms with van der Waals surface area (Å²) in [5, 5.41) is 0. The van der Waals surface area contributed by atoms with Crippen LogP contribution >= 0.6 is 0 Å². The van der Waals surface area contributed by atoms with Gasteiger partial charge in [0, 0.05) is 17.9 Å². The molecule has 0 N–H and O–H groups in total. The topological polar surface area (TPSA) is 105 Å². The smallest absolute Gasteiger partial charge is 0.330 e. The summed E-state index contributed by atoms with van der Waals surface area (Å²) in [4.78, 5) is 46.9. The quantitative estimate of drug-likeness (QED) is 0.378. The summed E-state index contributed by atoms with van der Waals surface area (Å²) in [7, 11) is 1.26. The molecule has 0 aromatic rings. The first-order valence-corrected chi connectivity index (χ1v) is 7.75. The van der Waals surface area contributed by atoms with Crippen LogP contribution < -0.4 is 0 Å². The highest BCUT2D eigenvalue weighted by Crippen LogP contribution is 2.58. The summed E-state index contributed by atoms with van der Waals surface area (Å²) in [5.74, 6) is -3.66. The fraction of sp³-hybridized carbons (Fsp3) is 0.625. The molecule has 3 rings (SSSR count). The number of fused-ring (bicyclic) bond motifs is 1. The van der Waals surface area contributed by atoms with Gasteiger partial charge in [0.1, 0.15) is 18.8 Å². The van der Waals surface area contributed by atoms with Crippen LogP contribution in [-0.2, 0) is 38.1 Å². The van der Waals surface area contributed by atoms with Gasteiger partial charge >= 0.3 is 23.9 Å². The van der Waals surface area contributed by atoms with Crippen molar-refractivity contribution in [1.29, 1.82) is 0 Å². The number of hydrogen-bond acceptors (Lipinski definition) is 8. The molecule has 0 radical (unpaired) electrons. The monoisotopic (exact) mass is 338 g/mol. The molecule has 8 heteroatoms. The van der Waals surface area contributed by atoms with Gasteiger partial charge in [0.15, 0.2) is 0 Å². The zero-order chi connectivity index (χ0) is 17.4. The Morgan fingerprint density at radius 2 is 2.08 bits per heavy atom. The highest BCUT2D eigenvalue weighted by atomic mass is 16.6. The van der Waals surface area contributed by atoms with Crippen molar-refractivity contribution in [2.24, 2.45) is 23.7 Å². The van der Waals surface area contributed by atoms with Crippen LogP contribution in [0.4, 0.5) is 0 Å². The van der Waals surface area contributed by atoms with Gasteiger partial charge in [-0.25, -0.2) is 4.79 Å². The second kappa shape index (κ2) is 6.26. The third-order valence-corrected chi connectivity index (χ3v) is 5.00. The Bertz CT molecular complexity index is 597. The third-order valence-electron chi connectivity index (χ3n) is 5.00. The van der Waals surface area contributed by atoms with E-state index in [1.165, 1.54) is 7.11 Å². The normalized spacial score (nSPS) is 35.3. The molecule has 1 saturated heterocycles. The molecule has 8 nitrogen and oxygen atoms in total. The molecule has 6 unspecified atom stereocenters. The highest BCUT2D eigenvalue weighted by Gasteiger charge is 2.70. The molecule has 0 amide bonds. The van der Waals surface area contributed by atoms with Gasteiger partial charge in [-0.15, -0.1) is 0 Å². The maximum Gasteiger partial charge on any atom is 0.330 e. The van der Waals surface area contributed by atoms with Gasteiger partial charge in [0.05, 0.1) is 25.4 Å². The number of ether oxygens (including phenoxy) is 4. The Balaban J connectivity index is 1.63. The Hall–Kier alpha value is -2.38. The van der Waals surface area contributed by atoms with Gasteiger partial charge in [0.2, 0.25) is 0 Å². The fourth-order valence-electron chi connectivity index (χ4n) is 4.11. The van der Waals surface area contributed by atoms with Crippen LogP contribution in [0.15, 0.2) is 12.7 Å². The van der Waals surface area contributed by atoms with Gasteiger partial charge in [0.25, 0.3) is 0 Å². The van der Waals surface area contributed by atoms with Crippen LogP contribution in [0.25, 0.3) is 0 Å². The molecule has 0 aromatic heterocycles. The average molecular weight is 338 g/mol. The molecule has 2 saturated carbocycles. The first-order chi connectivity index (χ1) is 11.5. The van der Waals surface area contributed by atoms with E-state index in [2.05, 4.69) is 6.58 Å². The van der Waals surface area contributed by atoms with E-state index in [0.717, 1.165) is 6.08 Å². The second-order valence-corrected chi connectivity index (χ2v) is 6.12. The van der Waals surface area contributed by atoms with Crippen molar-refractivity contribution in [3.8, 4) is 0 Å². The highest BCUT2D eigenvalue weighted by molar-refractivity contribution is 5.86. The Morgan fingerprint density at radius 1 is 1.33 bits per heavy atom. The Morgan fingerprint density at radius 3 is 2.75 bits per heavy atom. The predicted octanol–water partition coefficient (Wildman–Crippen LogP) is -0.00200. The molecular formula is C16H18O8. The summed E-state index contributed by atoms with van der Waals surface area (Å²) in [6, 6.07) is 0. The van der Waals surface area contributed by atoms with Crippen molar-refractivity contribution >= 4 is 23.9 Å². The molecular weight excluding hydrogens is 320 g/mol. The van der Waals surface area contributed by atoms with Crippen molar-refractivity contribution in [1.82, 2.24) is 0 Å². The Labute approximate surface area is 138 Å². The predicted molar refractivity (Wildman–Crippen MR) is 76.1 cm³/mol. The van der Waals surface area contributed by atoms with Gasteiger partial charge in [-0.3, -0.25) is 14.4 Å². The SMILES string of the molecule is C=CC(=O)OCCC(=O)OC1C2CC3C1OC(=O)C3C2C(=O)OC. The number of hydrogen-bond donors (Lipinski definition) is 0. The largest absolute Gasteiger partial charge is 0.469 e. The lowest BCUT2D eigenvalue weighted by atomic mass is 9.78. The minimum atomic E-state index is -0.663. The number of rotatable bonds is 6. The van der Waals surface area contributed by atoms with E-state index < -0.39 is 47.9 Å². The number of carbonyl (C=O) groups excluding carboxylic acids is 4. The first-order valence-electron chi connectivity index (χ1n) is 7.75. The molecule has 2 aliphatic carbocycles. The van der Waals surface area contributed by atoms with E-state index in [1.807, 2.05) is 0 Å². The third kappa shape index (κ3) is 2.55. The number of carbonyl (C=O) groups is 4. The fourth-order valence-corrected chi connectivity index (χ4v) is 4.11. The van der Waals surface area contributed by atoms with E-state index in [9.17, 15) is 19.2 Å². The average Bonchev–Trinajstić information content (AvgIpc) is 3.17. The van der Waals surface area contributed by atoms with Crippen LogP contribution in [0.3, 0.4) is 0 Å². The van der Waals surface area contributed by atoms with Crippen LogP contribution in [0.5, 0.6) is 0 Å². The van der Waals surface area contributed by atoms with Gasteiger partial charge in [-0.1, -0.05) is 6.58 Å². The first kappa shape index (κ1) is 16.5. The molecule has 1 heterocycles. The molecule has 1 aliphatic heterocycles. The van der Waals surface area contributed by atoms with Gasteiger partial charge < -0.3 is 18.9 Å². The molecule has 0 spiro atoms. The summed E-state index contributed by atoms with van der Waals surface area (Å²) < 4.78 is 20.3. The molecule has 3 aliphatic rings. The van der Waals surface area contributed by atoms with Gasteiger partial charge in [-0.2, -0.15) is 0 Å². The summed E-state index contributed by atoms with van der Waals surface area (Å²) in [6.45, 7) is 3.12.